The Hall–Kier alpha value is -3.03. The van der Waals surface area contributed by atoms with Gasteiger partial charge in [-0.2, -0.15) is 4.31 Å². The van der Waals surface area contributed by atoms with Crippen LogP contribution in [0.2, 0.25) is 0 Å². The highest BCUT2D eigenvalue weighted by Gasteiger charge is 2.50. The topological polar surface area (TPSA) is 381 Å². The van der Waals surface area contributed by atoms with Crippen LogP contribution in [0.15, 0.2) is 24.8 Å². The van der Waals surface area contributed by atoms with Gasteiger partial charge >= 0.3 is 23.5 Å². The molecule has 3 heterocycles. The van der Waals surface area contributed by atoms with E-state index >= 15 is 0 Å². The number of aromatic nitrogens is 4. The van der Waals surface area contributed by atoms with Gasteiger partial charge in [-0.3, -0.25) is 37.3 Å². The zero-order valence-electron chi connectivity index (χ0n) is 41.2. The van der Waals surface area contributed by atoms with Crippen molar-refractivity contribution in [2.45, 2.75) is 167 Å². The van der Waals surface area contributed by atoms with Crippen LogP contribution in [0.1, 0.15) is 143 Å². The molecule has 410 valence electrons. The summed E-state index contributed by atoms with van der Waals surface area (Å²) in [7, 11) is -16.5. The molecule has 10 N–H and O–H groups in total. The van der Waals surface area contributed by atoms with E-state index in [1.54, 1.807) is 0 Å². The number of nitrogens with one attached hydrogen (secondary N) is 2. The molecule has 3 rings (SSSR count). The number of amides is 2. The van der Waals surface area contributed by atoms with Crippen LogP contribution in [0.5, 0.6) is 0 Å². The highest BCUT2D eigenvalue weighted by Crippen LogP contribution is 2.61. The molecule has 0 saturated carbocycles. The molecule has 25 nitrogen and oxygen atoms in total. The lowest BCUT2D eigenvalue weighted by Gasteiger charge is -2.30. The lowest BCUT2D eigenvalue weighted by molar-refractivity contribution is -0.137. The summed E-state index contributed by atoms with van der Waals surface area (Å²) < 4.78 is 62.4. The number of ether oxygens (including phenoxy) is 1. The Balaban J connectivity index is 1.27. The average Bonchev–Trinajstić information content (AvgIpc) is 3.86. The van der Waals surface area contributed by atoms with Crippen molar-refractivity contribution in [3.8, 4) is 0 Å². The molecule has 0 spiro atoms. The van der Waals surface area contributed by atoms with Gasteiger partial charge in [-0.15, -0.1) is 0 Å². The third-order valence-electron chi connectivity index (χ3n) is 11.3. The zero-order valence-corrected chi connectivity index (χ0v) is 44.7. The number of nitrogens with zero attached hydrogens (tertiary/aromatic N) is 4. The molecular formula is C43H74N7O18P3S. The quantitative estimate of drug-likeness (QED) is 0.0175. The standard InChI is InChI=1S/C43H74N7O18P3S/c1-4-5-6-7-8-9-10-11-12-13-14-15-16-17-18-19-20-21-31(51)26-34(53)72-25-24-45-33(52)22-23-46-41(56)38(55)43(2,3)28-65-71(62,63)68-70(60,61)64-27-32-37(67-69(57,58)59)36(54)42(66-32)50-30-49-35-39(44)47-29-48-40(35)50/h13-14,29-30,32,36-38,42,54-55H,4-12,15-28H2,1-3H3,(H,45,52)(H,46,56)(H,60,61)(H,62,63)(H2,44,47,48)(H2,57,58,59)/b14-13-/t32-,36-,37-,38+,42-/m1/s1. The summed E-state index contributed by atoms with van der Waals surface area (Å²) >= 11 is 0.937. The molecule has 7 atom stereocenters. The summed E-state index contributed by atoms with van der Waals surface area (Å²) in [6.45, 7) is 2.57. The van der Waals surface area contributed by atoms with Crippen LogP contribution in [0, 0.1) is 5.41 Å². The van der Waals surface area contributed by atoms with Gasteiger partial charge in [0.15, 0.2) is 22.8 Å². The van der Waals surface area contributed by atoms with Gasteiger partial charge in [0.1, 0.15) is 42.0 Å². The van der Waals surface area contributed by atoms with Gasteiger partial charge in [0.2, 0.25) is 11.8 Å². The maximum absolute atomic E-state index is 12.8. The normalized spacial score (nSPS) is 19.6. The van der Waals surface area contributed by atoms with E-state index in [2.05, 4.69) is 53.5 Å². The number of carbonyl (C=O) groups is 4. The molecule has 1 fully saturated rings. The molecule has 0 aromatic carbocycles. The summed E-state index contributed by atoms with van der Waals surface area (Å²) in [6, 6.07) is 0. The van der Waals surface area contributed by atoms with E-state index in [9.17, 15) is 62.7 Å². The van der Waals surface area contributed by atoms with Gasteiger partial charge < -0.3 is 50.9 Å². The largest absolute Gasteiger partial charge is 0.481 e. The van der Waals surface area contributed by atoms with Gasteiger partial charge in [0.05, 0.1) is 26.0 Å². The molecule has 29 heteroatoms. The number of allylic oxidation sites excluding steroid dienone is 2. The number of imidazole rings is 1. The number of rotatable bonds is 38. The van der Waals surface area contributed by atoms with Gasteiger partial charge in [0.25, 0.3) is 0 Å². The number of hydrogen-bond acceptors (Lipinski definition) is 19. The van der Waals surface area contributed by atoms with Crippen molar-refractivity contribution >= 4 is 74.9 Å². The van der Waals surface area contributed by atoms with Crippen LogP contribution in [0.4, 0.5) is 5.82 Å². The summed E-state index contributed by atoms with van der Waals surface area (Å²) in [4.78, 5) is 101. The first kappa shape index (κ1) is 63.3. The number of aliphatic hydroxyl groups is 2. The highest BCUT2D eigenvalue weighted by atomic mass is 32.2. The van der Waals surface area contributed by atoms with Crippen LogP contribution < -0.4 is 16.4 Å². The number of carbonyl (C=O) groups excluding carboxylic acids is 4. The molecule has 2 unspecified atom stereocenters. The Kier molecular flexibility index (Phi) is 27.9. The first-order valence-corrected chi connectivity index (χ1v) is 29.7. The van der Waals surface area contributed by atoms with Gasteiger partial charge in [-0.05, 0) is 32.1 Å². The molecule has 0 radical (unpaired) electrons. The molecular weight excluding hydrogens is 1030 g/mol. The van der Waals surface area contributed by atoms with E-state index in [0.717, 1.165) is 73.9 Å². The number of nitrogen functional groups attached to an aromatic ring is 1. The summed E-state index contributed by atoms with van der Waals surface area (Å²) in [5, 5.41) is 26.2. The van der Waals surface area contributed by atoms with Crippen LogP contribution >= 0.6 is 35.2 Å². The number of thioether (sulfide) groups is 1. The molecule has 1 saturated heterocycles. The fraction of sp³-hybridized carbons (Fsp3) is 0.744. The van der Waals surface area contributed by atoms with Crippen LogP contribution in [-0.2, 0) is 55.5 Å². The monoisotopic (exact) mass is 1100 g/mol. The molecule has 2 amide bonds. The molecule has 1 aliphatic rings. The first-order chi connectivity index (χ1) is 33.9. The van der Waals surface area contributed by atoms with Crippen molar-refractivity contribution < 1.29 is 85.3 Å². The van der Waals surface area contributed by atoms with E-state index in [4.69, 9.17) is 19.5 Å². The molecule has 1 aliphatic heterocycles. The Labute approximate surface area is 424 Å². The minimum Gasteiger partial charge on any atom is -0.386 e. The van der Waals surface area contributed by atoms with Crippen molar-refractivity contribution in [2.75, 3.05) is 37.8 Å². The third-order valence-corrected chi connectivity index (χ3v) is 15.3. The fourth-order valence-corrected chi connectivity index (χ4v) is 10.9. The predicted molar refractivity (Wildman–Crippen MR) is 265 cm³/mol. The second-order valence-electron chi connectivity index (χ2n) is 18.0. The molecule has 0 bridgehead atoms. The highest BCUT2D eigenvalue weighted by molar-refractivity contribution is 8.13. The number of unbranched alkanes of at least 4 members (excludes halogenated alkanes) is 13. The average molecular weight is 1100 g/mol. The number of aliphatic hydroxyl groups excluding tert-OH is 2. The number of anilines is 1. The van der Waals surface area contributed by atoms with Gasteiger partial charge in [0, 0.05) is 37.1 Å². The SMILES string of the molecule is CCCCCCCCCC/C=C\CCCCCCCC(=O)CC(=O)SCCNC(=O)CCNC(=O)[C@H](O)C(C)(C)COP(=O)(O)OP(=O)(O)OC[C@H]1O[C@@H](n2cnc3c(N)ncnc32)[C@H](O)[C@@H]1OP(=O)(O)O. The Morgan fingerprint density at radius 2 is 1.47 bits per heavy atom. The van der Waals surface area contributed by atoms with Crippen LogP contribution in [0.25, 0.3) is 11.2 Å². The zero-order chi connectivity index (χ0) is 53.4. The minimum absolute atomic E-state index is 0.0260. The van der Waals surface area contributed by atoms with Gasteiger partial charge in [-0.25, -0.2) is 28.6 Å². The number of Topliss-reactive ketones (excluding diaryl/α,β-unsaturated/α-hetero) is 1. The van der Waals surface area contributed by atoms with Gasteiger partial charge in [-0.1, -0.05) is 109 Å². The smallest absolute Gasteiger partial charge is 0.386 e. The summed E-state index contributed by atoms with van der Waals surface area (Å²) in [6.07, 6.45) is 15.5. The van der Waals surface area contributed by atoms with E-state index in [0.29, 0.717) is 6.42 Å². The van der Waals surface area contributed by atoms with Crippen molar-refractivity contribution in [1.29, 1.82) is 0 Å². The minimum atomic E-state index is -5.59. The van der Waals surface area contributed by atoms with Crippen molar-refractivity contribution in [3.05, 3.63) is 24.8 Å². The predicted octanol–water partition coefficient (Wildman–Crippen LogP) is 5.44. The third kappa shape index (κ3) is 24.1. The van der Waals surface area contributed by atoms with E-state index in [-0.39, 0.29) is 59.6 Å². The number of nitrogens with two attached hydrogens (primary N) is 1. The number of phosphoric ester groups is 3. The molecule has 0 aliphatic carbocycles. The number of ketones is 1. The van der Waals surface area contributed by atoms with Crippen molar-refractivity contribution in [1.82, 2.24) is 30.2 Å². The number of hydrogen-bond donors (Lipinski definition) is 9. The lowest BCUT2D eigenvalue weighted by Crippen LogP contribution is -2.46. The number of fused-ring (bicyclic) bond motifs is 1. The Bertz CT molecular complexity index is 2200. The molecule has 2 aromatic rings. The van der Waals surface area contributed by atoms with Crippen molar-refractivity contribution in [3.63, 3.8) is 0 Å². The van der Waals surface area contributed by atoms with Crippen molar-refractivity contribution in [2.24, 2.45) is 5.41 Å². The molecule has 72 heavy (non-hydrogen) atoms. The summed E-state index contributed by atoms with van der Waals surface area (Å²) in [5.74, 6) is -1.41. The van der Waals surface area contributed by atoms with E-state index < -0.39 is 84.6 Å². The van der Waals surface area contributed by atoms with E-state index in [1.807, 2.05) is 0 Å². The Morgan fingerprint density at radius 1 is 0.861 bits per heavy atom. The second kappa shape index (κ2) is 31.8. The van der Waals surface area contributed by atoms with Crippen LogP contribution in [-0.4, -0.2) is 128 Å². The van der Waals surface area contributed by atoms with E-state index in [1.165, 1.54) is 65.2 Å². The number of phosphoric acid groups is 3. The van der Waals surface area contributed by atoms with Crippen LogP contribution in [0.3, 0.4) is 0 Å². The lowest BCUT2D eigenvalue weighted by atomic mass is 9.87. The maximum atomic E-state index is 12.8. The second-order valence-corrected chi connectivity index (χ2v) is 23.4. The Morgan fingerprint density at radius 3 is 2.11 bits per heavy atom. The maximum Gasteiger partial charge on any atom is 0.481 e. The summed E-state index contributed by atoms with van der Waals surface area (Å²) in [5.41, 5.74) is 4.25. The molecule has 2 aromatic heterocycles. The fourth-order valence-electron chi connectivity index (χ4n) is 7.34. The first-order valence-electron chi connectivity index (χ1n) is 24.2.